The number of rotatable bonds is 5. The zero-order valence-corrected chi connectivity index (χ0v) is 16.5. The minimum absolute atomic E-state index is 0.204. The van der Waals surface area contributed by atoms with Crippen molar-refractivity contribution in [3.63, 3.8) is 0 Å². The smallest absolute Gasteiger partial charge is 0.118 e. The zero-order valence-electron chi connectivity index (χ0n) is 16.5. The molecule has 144 valence electrons. The van der Waals surface area contributed by atoms with Crippen LogP contribution in [0.3, 0.4) is 0 Å². The summed E-state index contributed by atoms with van der Waals surface area (Å²) in [6.45, 7) is 2.22. The van der Waals surface area contributed by atoms with Gasteiger partial charge in [-0.3, -0.25) is 0 Å². The number of aliphatic hydroxyl groups is 1. The molecule has 0 aliphatic carbocycles. The van der Waals surface area contributed by atoms with E-state index in [9.17, 15) is 5.11 Å². The van der Waals surface area contributed by atoms with Crippen molar-refractivity contribution in [1.82, 2.24) is 0 Å². The van der Waals surface area contributed by atoms with Gasteiger partial charge in [0, 0.05) is 29.9 Å². The van der Waals surface area contributed by atoms with Crippen LogP contribution in [0.2, 0.25) is 0 Å². The molecule has 0 aromatic heterocycles. The zero-order chi connectivity index (χ0) is 19.4. The predicted octanol–water partition coefficient (Wildman–Crippen LogP) is 4.44. The second-order valence-corrected chi connectivity index (χ2v) is 8.13. The minimum atomic E-state index is -0.730. The van der Waals surface area contributed by atoms with Crippen LogP contribution in [0.5, 0.6) is 0 Å². The van der Waals surface area contributed by atoms with Crippen LogP contribution in [0.4, 0.5) is 0 Å². The lowest BCUT2D eigenvalue weighted by Gasteiger charge is -2.46. The number of nitrogens with two attached hydrogens (primary N) is 1. The van der Waals surface area contributed by atoms with Gasteiger partial charge < -0.3 is 10.4 Å². The standard InChI is InChI=1S/C26H29NO/c1-2-23-25(22-16-10-5-11-17-22)27-24(21-14-8-4-9-15-21)19-26(23,28)18-20-12-6-3-7-13-20/h3-17,23-25,27-28H,2,18-19H2,1H3/p+1/t23-,24-,25+,26+/m0/s1. The maximum atomic E-state index is 12.0. The topological polar surface area (TPSA) is 36.8 Å². The van der Waals surface area contributed by atoms with E-state index < -0.39 is 5.60 Å². The Morgan fingerprint density at radius 2 is 1.36 bits per heavy atom. The number of hydrogen-bond donors (Lipinski definition) is 2. The van der Waals surface area contributed by atoms with Crippen molar-refractivity contribution in [2.45, 2.75) is 43.9 Å². The first-order valence-corrected chi connectivity index (χ1v) is 10.4. The molecule has 1 aliphatic rings. The van der Waals surface area contributed by atoms with Gasteiger partial charge in [0.2, 0.25) is 0 Å². The molecule has 0 saturated carbocycles. The summed E-state index contributed by atoms with van der Waals surface area (Å²) < 4.78 is 0. The largest absolute Gasteiger partial charge is 0.389 e. The highest BCUT2D eigenvalue weighted by atomic mass is 16.3. The van der Waals surface area contributed by atoms with Crippen LogP contribution in [0.25, 0.3) is 0 Å². The Hall–Kier alpha value is -2.42. The molecule has 0 unspecified atom stereocenters. The first-order chi connectivity index (χ1) is 13.7. The average molecular weight is 373 g/mol. The van der Waals surface area contributed by atoms with Crippen molar-refractivity contribution >= 4 is 0 Å². The van der Waals surface area contributed by atoms with Crippen molar-refractivity contribution in [3.8, 4) is 0 Å². The summed E-state index contributed by atoms with van der Waals surface area (Å²) in [4.78, 5) is 0. The molecule has 1 fully saturated rings. The molecule has 0 radical (unpaired) electrons. The van der Waals surface area contributed by atoms with E-state index in [4.69, 9.17) is 0 Å². The Kier molecular flexibility index (Phi) is 5.61. The highest BCUT2D eigenvalue weighted by molar-refractivity contribution is 5.25. The highest BCUT2D eigenvalue weighted by Crippen LogP contribution is 2.42. The molecule has 1 heterocycles. The van der Waals surface area contributed by atoms with Gasteiger partial charge in [-0.05, 0) is 12.0 Å². The van der Waals surface area contributed by atoms with Crippen LogP contribution in [-0.2, 0) is 6.42 Å². The van der Waals surface area contributed by atoms with Gasteiger partial charge in [0.1, 0.15) is 12.1 Å². The molecular weight excluding hydrogens is 342 g/mol. The Labute approximate surface area is 168 Å². The Bertz CT molecular complexity index is 865. The normalized spacial score (nSPS) is 27.4. The Morgan fingerprint density at radius 1 is 0.821 bits per heavy atom. The van der Waals surface area contributed by atoms with Crippen LogP contribution in [0, 0.1) is 5.92 Å². The maximum Gasteiger partial charge on any atom is 0.118 e. The van der Waals surface area contributed by atoms with Crippen molar-refractivity contribution < 1.29 is 10.4 Å². The second kappa shape index (κ2) is 8.30. The van der Waals surface area contributed by atoms with Crippen molar-refractivity contribution in [2.75, 3.05) is 0 Å². The molecule has 1 saturated heterocycles. The highest BCUT2D eigenvalue weighted by Gasteiger charge is 2.50. The van der Waals surface area contributed by atoms with E-state index in [1.165, 1.54) is 16.7 Å². The fraction of sp³-hybridized carbons (Fsp3) is 0.308. The summed E-state index contributed by atoms with van der Waals surface area (Å²) in [5.41, 5.74) is 3.08. The first-order valence-electron chi connectivity index (χ1n) is 10.4. The monoisotopic (exact) mass is 372 g/mol. The van der Waals surface area contributed by atoms with E-state index in [0.29, 0.717) is 6.42 Å². The predicted molar refractivity (Wildman–Crippen MR) is 114 cm³/mol. The summed E-state index contributed by atoms with van der Waals surface area (Å²) in [7, 11) is 0. The summed E-state index contributed by atoms with van der Waals surface area (Å²) in [6.07, 6.45) is 2.43. The molecule has 4 rings (SSSR count). The fourth-order valence-electron chi connectivity index (χ4n) is 5.05. The molecule has 3 N–H and O–H groups in total. The number of hydrogen-bond acceptors (Lipinski definition) is 1. The van der Waals surface area contributed by atoms with Crippen molar-refractivity contribution in [1.29, 1.82) is 0 Å². The van der Waals surface area contributed by atoms with E-state index in [0.717, 1.165) is 12.8 Å². The Balaban J connectivity index is 1.73. The van der Waals surface area contributed by atoms with E-state index in [-0.39, 0.29) is 18.0 Å². The number of piperidine rings is 1. The summed E-state index contributed by atoms with van der Waals surface area (Å²) in [5.74, 6) is 0.204. The van der Waals surface area contributed by atoms with E-state index >= 15 is 0 Å². The third-order valence-corrected chi connectivity index (χ3v) is 6.34. The lowest BCUT2D eigenvalue weighted by atomic mass is 9.67. The molecule has 3 aromatic rings. The number of benzene rings is 3. The molecule has 28 heavy (non-hydrogen) atoms. The van der Waals surface area contributed by atoms with E-state index in [1.807, 2.05) is 6.07 Å². The third kappa shape index (κ3) is 3.89. The van der Waals surface area contributed by atoms with Crippen molar-refractivity contribution in [2.24, 2.45) is 5.92 Å². The molecule has 1 aliphatic heterocycles. The Morgan fingerprint density at radius 3 is 1.93 bits per heavy atom. The lowest BCUT2D eigenvalue weighted by molar-refractivity contribution is -0.757. The van der Waals surface area contributed by atoms with Crippen LogP contribution in [0.1, 0.15) is 48.5 Å². The van der Waals surface area contributed by atoms with Crippen LogP contribution in [-0.4, -0.2) is 10.7 Å². The lowest BCUT2D eigenvalue weighted by Crippen LogP contribution is -2.91. The van der Waals surface area contributed by atoms with Gasteiger partial charge in [-0.25, -0.2) is 0 Å². The van der Waals surface area contributed by atoms with Crippen LogP contribution in [0.15, 0.2) is 91.0 Å². The number of quaternary nitrogens is 1. The summed E-state index contributed by atoms with van der Waals surface area (Å²) in [6, 6.07) is 32.3. The van der Waals surface area contributed by atoms with Gasteiger partial charge in [-0.1, -0.05) is 97.9 Å². The third-order valence-electron chi connectivity index (χ3n) is 6.34. The molecule has 4 atom stereocenters. The SMILES string of the molecule is CC[C@H]1[C@@H](c2ccccc2)[NH2+][C@H](c2ccccc2)C[C@]1(O)Cc1ccccc1. The van der Waals surface area contributed by atoms with Gasteiger partial charge in [0.15, 0.2) is 0 Å². The van der Waals surface area contributed by atoms with Gasteiger partial charge >= 0.3 is 0 Å². The minimum Gasteiger partial charge on any atom is -0.389 e. The summed E-state index contributed by atoms with van der Waals surface area (Å²) >= 11 is 0. The molecule has 3 aromatic carbocycles. The molecule has 0 amide bonds. The summed E-state index contributed by atoms with van der Waals surface area (Å²) in [5, 5.41) is 14.5. The van der Waals surface area contributed by atoms with Gasteiger partial charge in [0.25, 0.3) is 0 Å². The molecule has 2 nitrogen and oxygen atoms in total. The average Bonchev–Trinajstić information content (AvgIpc) is 2.75. The second-order valence-electron chi connectivity index (χ2n) is 8.13. The van der Waals surface area contributed by atoms with Crippen LogP contribution < -0.4 is 5.32 Å². The van der Waals surface area contributed by atoms with E-state index in [2.05, 4.69) is 97.2 Å². The van der Waals surface area contributed by atoms with Crippen LogP contribution >= 0.6 is 0 Å². The van der Waals surface area contributed by atoms with Gasteiger partial charge in [-0.15, -0.1) is 0 Å². The molecule has 0 spiro atoms. The maximum absolute atomic E-state index is 12.0. The first kappa shape index (κ1) is 18.9. The fourth-order valence-corrected chi connectivity index (χ4v) is 5.05. The van der Waals surface area contributed by atoms with Gasteiger partial charge in [-0.2, -0.15) is 0 Å². The van der Waals surface area contributed by atoms with Crippen molar-refractivity contribution in [3.05, 3.63) is 108 Å². The molecule has 0 bridgehead atoms. The quantitative estimate of drug-likeness (QED) is 0.683. The van der Waals surface area contributed by atoms with E-state index in [1.54, 1.807) is 0 Å². The van der Waals surface area contributed by atoms with Gasteiger partial charge in [0.05, 0.1) is 5.60 Å². The molecular formula is C26H30NO+. The molecule has 2 heteroatoms.